The van der Waals surface area contributed by atoms with E-state index < -0.39 is 30.1 Å². The highest BCUT2D eigenvalue weighted by molar-refractivity contribution is 5.99. The third-order valence-corrected chi connectivity index (χ3v) is 3.29. The molecular formula is C17H32N2O6. The van der Waals surface area contributed by atoms with E-state index in [9.17, 15) is 19.2 Å². The van der Waals surface area contributed by atoms with Gasteiger partial charge in [0.2, 0.25) is 5.91 Å². The number of nitrogens with zero attached hydrogens (tertiary/aromatic N) is 1. The minimum Gasteiger partial charge on any atom is -0.467 e. The second kappa shape index (κ2) is 13.2. The molecule has 1 unspecified atom stereocenters. The van der Waals surface area contributed by atoms with Crippen LogP contribution in [0.5, 0.6) is 0 Å². The van der Waals surface area contributed by atoms with Gasteiger partial charge in [0.15, 0.2) is 5.78 Å². The van der Waals surface area contributed by atoms with Crippen molar-refractivity contribution < 1.29 is 28.7 Å². The molecule has 1 aliphatic rings. The lowest BCUT2D eigenvalue weighted by Gasteiger charge is -2.28. The van der Waals surface area contributed by atoms with Crippen LogP contribution in [0.3, 0.4) is 0 Å². The summed E-state index contributed by atoms with van der Waals surface area (Å²) in [5, 5.41) is 2.42. The summed E-state index contributed by atoms with van der Waals surface area (Å²) in [5.74, 6) is -1.60. The highest BCUT2D eigenvalue weighted by Gasteiger charge is 2.42. The third kappa shape index (κ3) is 7.53. The molecule has 1 fully saturated rings. The predicted molar refractivity (Wildman–Crippen MR) is 94.0 cm³/mol. The Kier molecular flexibility index (Phi) is 13.3. The minimum atomic E-state index is -0.935. The molecule has 0 saturated carbocycles. The minimum absolute atomic E-state index is 0.0680. The summed E-state index contributed by atoms with van der Waals surface area (Å²) in [5.41, 5.74) is 0. The molecule has 0 aromatic rings. The number of alkyl carbamates (subject to hydrolysis) is 1. The second-order valence-electron chi connectivity index (χ2n) is 5.11. The number of rotatable bonds is 4. The Bertz CT molecular complexity index is 450. The van der Waals surface area contributed by atoms with Crippen molar-refractivity contribution >= 4 is 23.8 Å². The van der Waals surface area contributed by atoms with Crippen LogP contribution < -0.4 is 5.32 Å². The summed E-state index contributed by atoms with van der Waals surface area (Å²) in [6, 6.07) is -1.81. The molecule has 1 N–H and O–H groups in total. The van der Waals surface area contributed by atoms with Crippen LogP contribution in [0.25, 0.3) is 0 Å². The highest BCUT2D eigenvalue weighted by atomic mass is 16.5. The number of likely N-dealkylation sites (tertiary alicyclic amines) is 1. The van der Waals surface area contributed by atoms with Gasteiger partial charge in [0.1, 0.15) is 12.1 Å². The number of Topliss-reactive ketones (excluding diaryl/α,β-unsaturated/α-hetero) is 1. The van der Waals surface area contributed by atoms with E-state index in [1.54, 1.807) is 13.8 Å². The van der Waals surface area contributed by atoms with Gasteiger partial charge in [-0.25, -0.2) is 9.59 Å². The van der Waals surface area contributed by atoms with Crippen LogP contribution in [0.15, 0.2) is 0 Å². The fourth-order valence-electron chi connectivity index (χ4n) is 2.15. The largest absolute Gasteiger partial charge is 0.467 e. The lowest BCUT2D eigenvalue weighted by molar-refractivity contribution is -0.151. The van der Waals surface area contributed by atoms with Crippen molar-refractivity contribution in [1.82, 2.24) is 10.2 Å². The van der Waals surface area contributed by atoms with Gasteiger partial charge in [0, 0.05) is 6.42 Å². The van der Waals surface area contributed by atoms with Crippen molar-refractivity contribution in [3.8, 4) is 0 Å². The average Bonchev–Trinajstić information content (AvgIpc) is 3.03. The third-order valence-electron chi connectivity index (χ3n) is 3.29. The number of ketones is 1. The molecule has 0 aliphatic carbocycles. The topological polar surface area (TPSA) is 102 Å². The first-order valence-corrected chi connectivity index (χ1v) is 8.56. The maximum atomic E-state index is 12.5. The monoisotopic (exact) mass is 360 g/mol. The lowest BCUT2D eigenvalue weighted by Crippen LogP contribution is -2.54. The van der Waals surface area contributed by atoms with Gasteiger partial charge in [0.25, 0.3) is 0 Å². The van der Waals surface area contributed by atoms with Gasteiger partial charge in [-0.2, -0.15) is 0 Å². The van der Waals surface area contributed by atoms with E-state index in [1.807, 2.05) is 27.7 Å². The summed E-state index contributed by atoms with van der Waals surface area (Å²) in [4.78, 5) is 48.2. The molecule has 8 heteroatoms. The molecule has 2 atom stereocenters. The first-order chi connectivity index (χ1) is 11.8. The van der Waals surface area contributed by atoms with Crippen LogP contribution in [-0.2, 0) is 23.9 Å². The molecule has 25 heavy (non-hydrogen) atoms. The molecule has 0 spiro atoms. The zero-order valence-corrected chi connectivity index (χ0v) is 16.5. The van der Waals surface area contributed by atoms with Gasteiger partial charge in [-0.3, -0.25) is 9.59 Å². The molecule has 0 radical (unpaired) electrons. The number of amides is 2. The number of hydrogen-bond donors (Lipinski definition) is 1. The van der Waals surface area contributed by atoms with Crippen LogP contribution in [0.1, 0.15) is 48.0 Å². The molecule has 0 aromatic heterocycles. The van der Waals surface area contributed by atoms with Gasteiger partial charge < -0.3 is 19.7 Å². The Labute approximate surface area is 150 Å². The summed E-state index contributed by atoms with van der Waals surface area (Å²) in [7, 11) is 2.38. The number of hydrogen-bond acceptors (Lipinski definition) is 6. The quantitative estimate of drug-likeness (QED) is 0.767. The first-order valence-electron chi connectivity index (χ1n) is 8.56. The molecule has 1 rings (SSSR count). The van der Waals surface area contributed by atoms with Crippen LogP contribution in [0.4, 0.5) is 4.79 Å². The van der Waals surface area contributed by atoms with E-state index in [-0.39, 0.29) is 24.7 Å². The molecule has 2 amide bonds. The summed E-state index contributed by atoms with van der Waals surface area (Å²) in [6.45, 7) is 11.3. The van der Waals surface area contributed by atoms with Crippen LogP contribution in [-0.4, -0.2) is 61.5 Å². The number of esters is 1. The number of methoxy groups -OCH3 is 2. The fraction of sp³-hybridized carbons (Fsp3) is 0.765. The van der Waals surface area contributed by atoms with Crippen LogP contribution in [0.2, 0.25) is 0 Å². The zero-order chi connectivity index (χ0) is 20.2. The molecule has 1 heterocycles. The first kappa shape index (κ1) is 25.1. The van der Waals surface area contributed by atoms with Crippen molar-refractivity contribution in [1.29, 1.82) is 0 Å². The van der Waals surface area contributed by atoms with Gasteiger partial charge in [-0.1, -0.05) is 41.5 Å². The molecule has 146 valence electrons. The molecular weight excluding hydrogens is 328 g/mol. The predicted octanol–water partition coefficient (Wildman–Crippen LogP) is 1.76. The van der Waals surface area contributed by atoms with Crippen molar-refractivity contribution in [3.63, 3.8) is 0 Å². The smallest absolute Gasteiger partial charge is 0.407 e. The standard InChI is InChI=1S/C13H20N2O6.2C2H6/c1-7(2)10(14-13(19)21-4)11(17)15-6-8(16)5-9(15)12(18)20-3;2*1-2/h7,9-10H,5-6H2,1-4H3,(H,14,19);2*1-2H3/t9-,10?;;/m0../s1. The maximum Gasteiger partial charge on any atom is 0.407 e. The molecule has 1 saturated heterocycles. The number of ether oxygens (including phenoxy) is 2. The van der Waals surface area contributed by atoms with Gasteiger partial charge in [-0.15, -0.1) is 0 Å². The van der Waals surface area contributed by atoms with Crippen molar-refractivity contribution in [2.24, 2.45) is 5.92 Å². The Balaban J connectivity index is 0. The van der Waals surface area contributed by atoms with Crippen LogP contribution in [0, 0.1) is 5.92 Å². The lowest BCUT2D eigenvalue weighted by atomic mass is 10.0. The average molecular weight is 360 g/mol. The Morgan fingerprint density at radius 3 is 2.00 bits per heavy atom. The van der Waals surface area contributed by atoms with E-state index in [4.69, 9.17) is 0 Å². The van der Waals surface area contributed by atoms with E-state index >= 15 is 0 Å². The highest BCUT2D eigenvalue weighted by Crippen LogP contribution is 2.19. The van der Waals surface area contributed by atoms with E-state index in [1.165, 1.54) is 14.2 Å². The Hall–Kier alpha value is -2.12. The fourth-order valence-corrected chi connectivity index (χ4v) is 2.15. The Morgan fingerprint density at radius 2 is 1.60 bits per heavy atom. The van der Waals surface area contributed by atoms with Gasteiger partial charge in [-0.05, 0) is 5.92 Å². The summed E-state index contributed by atoms with van der Waals surface area (Å²) < 4.78 is 9.09. The Morgan fingerprint density at radius 1 is 1.08 bits per heavy atom. The second-order valence-corrected chi connectivity index (χ2v) is 5.11. The SMILES string of the molecule is CC.CC.COC(=O)NC(C(=O)N1CC(=O)C[C@H]1C(=O)OC)C(C)C. The maximum absolute atomic E-state index is 12.5. The molecule has 0 bridgehead atoms. The van der Waals surface area contributed by atoms with Gasteiger partial charge >= 0.3 is 12.1 Å². The zero-order valence-electron chi connectivity index (χ0n) is 16.5. The normalized spacial score (nSPS) is 16.8. The van der Waals surface area contributed by atoms with Gasteiger partial charge in [0.05, 0.1) is 20.8 Å². The summed E-state index contributed by atoms with van der Waals surface area (Å²) >= 11 is 0. The number of carbonyl (C=O) groups excluding carboxylic acids is 4. The van der Waals surface area contributed by atoms with E-state index in [0.717, 1.165) is 4.90 Å². The number of carbonyl (C=O) groups is 4. The van der Waals surface area contributed by atoms with E-state index in [2.05, 4.69) is 14.8 Å². The molecule has 1 aliphatic heterocycles. The van der Waals surface area contributed by atoms with Crippen molar-refractivity contribution in [2.75, 3.05) is 20.8 Å². The van der Waals surface area contributed by atoms with Crippen molar-refractivity contribution in [2.45, 2.75) is 60.0 Å². The molecule has 0 aromatic carbocycles. The summed E-state index contributed by atoms with van der Waals surface area (Å²) in [6.07, 6.45) is -0.816. The molecule has 8 nitrogen and oxygen atoms in total. The van der Waals surface area contributed by atoms with E-state index in [0.29, 0.717) is 0 Å². The van der Waals surface area contributed by atoms with Crippen molar-refractivity contribution in [3.05, 3.63) is 0 Å². The van der Waals surface area contributed by atoms with Crippen LogP contribution >= 0.6 is 0 Å². The number of nitrogens with one attached hydrogen (secondary N) is 1.